The number of fused-ring (bicyclic) bond motifs is 1. The quantitative estimate of drug-likeness (QED) is 0.744. The highest BCUT2D eigenvalue weighted by molar-refractivity contribution is 5.81. The lowest BCUT2D eigenvalue weighted by molar-refractivity contribution is -0.121. The number of hydrogen-bond donors (Lipinski definition) is 2. The number of rotatable bonds is 7. The molecule has 3 rings (SSSR count). The summed E-state index contributed by atoms with van der Waals surface area (Å²) in [7, 11) is 0. The lowest BCUT2D eigenvalue weighted by Crippen LogP contribution is -2.48. The van der Waals surface area contributed by atoms with Crippen molar-refractivity contribution in [2.75, 3.05) is 6.54 Å². The summed E-state index contributed by atoms with van der Waals surface area (Å²) in [6.07, 6.45) is 1.78. The van der Waals surface area contributed by atoms with Crippen LogP contribution in [0.15, 0.2) is 24.3 Å². The number of aromatic nitrogens is 2. The molecule has 1 aliphatic carbocycles. The summed E-state index contributed by atoms with van der Waals surface area (Å²) in [6.45, 7) is 10.1. The van der Waals surface area contributed by atoms with Crippen LogP contribution in [-0.4, -0.2) is 39.7 Å². The van der Waals surface area contributed by atoms with Crippen molar-refractivity contribution in [3.63, 3.8) is 0 Å². The van der Waals surface area contributed by atoms with E-state index >= 15 is 0 Å². The number of para-hydroxylation sites is 2. The molecule has 1 aromatic heterocycles. The summed E-state index contributed by atoms with van der Waals surface area (Å²) in [5.74, 6) is 1.51. The Morgan fingerprint density at radius 3 is 2.55 bits per heavy atom. The Bertz CT molecular complexity index is 878. The van der Waals surface area contributed by atoms with Crippen LogP contribution >= 0.6 is 0 Å². The van der Waals surface area contributed by atoms with Gasteiger partial charge in [-0.3, -0.25) is 4.79 Å². The molecular weight excluding hydrogens is 368 g/mol. The van der Waals surface area contributed by atoms with Gasteiger partial charge in [-0.15, -0.1) is 0 Å². The van der Waals surface area contributed by atoms with E-state index in [9.17, 15) is 9.59 Å². The van der Waals surface area contributed by atoms with Gasteiger partial charge in [0.2, 0.25) is 5.91 Å². The van der Waals surface area contributed by atoms with Crippen molar-refractivity contribution in [1.82, 2.24) is 20.2 Å². The van der Waals surface area contributed by atoms with Crippen LogP contribution in [0.25, 0.3) is 11.0 Å². The molecule has 1 aromatic carbocycles. The van der Waals surface area contributed by atoms with E-state index in [1.54, 1.807) is 0 Å². The van der Waals surface area contributed by atoms with Crippen molar-refractivity contribution in [3.8, 4) is 0 Å². The molecule has 158 valence electrons. The molecule has 0 radical (unpaired) electrons. The van der Waals surface area contributed by atoms with Crippen LogP contribution in [0.5, 0.6) is 0 Å². The van der Waals surface area contributed by atoms with Crippen molar-refractivity contribution in [3.05, 3.63) is 30.1 Å². The highest BCUT2D eigenvalue weighted by Crippen LogP contribution is 2.40. The molecule has 0 bridgehead atoms. The Hall–Kier alpha value is -2.57. The maximum Gasteiger partial charge on any atom is 0.407 e. The second kappa shape index (κ2) is 8.43. The minimum atomic E-state index is -0.559. The first-order chi connectivity index (χ1) is 13.6. The van der Waals surface area contributed by atoms with Crippen molar-refractivity contribution in [2.24, 2.45) is 5.92 Å². The van der Waals surface area contributed by atoms with Crippen LogP contribution in [0.2, 0.25) is 0 Å². The number of carbonyl (C=O) groups excluding carboxylic acids is 2. The molecule has 29 heavy (non-hydrogen) atoms. The fourth-order valence-electron chi connectivity index (χ4n) is 3.25. The third-order valence-electron chi connectivity index (χ3n) is 4.95. The predicted molar refractivity (Wildman–Crippen MR) is 113 cm³/mol. The minimum Gasteiger partial charge on any atom is -0.444 e. The zero-order valence-corrected chi connectivity index (χ0v) is 18.0. The van der Waals surface area contributed by atoms with Gasteiger partial charge in [0.25, 0.3) is 0 Å². The molecule has 2 aromatic rings. The lowest BCUT2D eigenvalue weighted by atomic mass is 10.0. The third kappa shape index (κ3) is 5.71. The summed E-state index contributed by atoms with van der Waals surface area (Å²) in [4.78, 5) is 29.5. The Kier molecular flexibility index (Phi) is 6.15. The first kappa shape index (κ1) is 21.1. The first-order valence-electron chi connectivity index (χ1n) is 10.4. The molecule has 1 heterocycles. The van der Waals surface area contributed by atoms with E-state index in [1.165, 1.54) is 0 Å². The van der Waals surface area contributed by atoms with Crippen LogP contribution in [0.3, 0.4) is 0 Å². The summed E-state index contributed by atoms with van der Waals surface area (Å²) in [6, 6.07) is 7.70. The summed E-state index contributed by atoms with van der Waals surface area (Å²) >= 11 is 0. The van der Waals surface area contributed by atoms with E-state index in [0.717, 1.165) is 29.7 Å². The van der Waals surface area contributed by atoms with Gasteiger partial charge in [-0.2, -0.15) is 0 Å². The van der Waals surface area contributed by atoms with Crippen LogP contribution in [0.4, 0.5) is 4.79 Å². The van der Waals surface area contributed by atoms with Gasteiger partial charge in [0.05, 0.1) is 17.1 Å². The second-order valence-corrected chi connectivity index (χ2v) is 9.12. The maximum atomic E-state index is 12.7. The molecule has 1 unspecified atom stereocenters. The SMILES string of the molecule is CC(C)C(CNC(=O)Cn1c(C2CC2)nc2ccccc21)NC(=O)OC(C)(C)C. The fraction of sp³-hybridized carbons (Fsp3) is 0.591. The predicted octanol–water partition coefficient (Wildman–Crippen LogP) is 3.58. The number of imidazole rings is 1. The van der Waals surface area contributed by atoms with E-state index in [4.69, 9.17) is 9.72 Å². The molecule has 7 heteroatoms. The third-order valence-corrected chi connectivity index (χ3v) is 4.95. The molecule has 7 nitrogen and oxygen atoms in total. The Labute approximate surface area is 172 Å². The molecule has 1 atom stereocenters. The number of amides is 2. The number of nitrogens with zero attached hydrogens (tertiary/aromatic N) is 2. The van der Waals surface area contributed by atoms with Gasteiger partial charge in [0, 0.05) is 12.5 Å². The number of nitrogens with one attached hydrogen (secondary N) is 2. The van der Waals surface area contributed by atoms with Gasteiger partial charge in [-0.1, -0.05) is 26.0 Å². The van der Waals surface area contributed by atoms with Gasteiger partial charge >= 0.3 is 6.09 Å². The number of ether oxygens (including phenoxy) is 1. The van der Waals surface area contributed by atoms with E-state index in [-0.39, 0.29) is 24.4 Å². The number of hydrogen-bond acceptors (Lipinski definition) is 4. The highest BCUT2D eigenvalue weighted by Gasteiger charge is 2.30. The average molecular weight is 401 g/mol. The number of benzene rings is 1. The standard InChI is InChI=1S/C22H32N4O3/c1-14(2)17(25-21(28)29-22(3,4)5)12-23-19(27)13-26-18-9-7-6-8-16(18)24-20(26)15-10-11-15/h6-9,14-15,17H,10-13H2,1-5H3,(H,23,27)(H,25,28). The lowest BCUT2D eigenvalue weighted by Gasteiger charge is -2.26. The van der Waals surface area contributed by atoms with Crippen LogP contribution in [-0.2, 0) is 16.1 Å². The van der Waals surface area contributed by atoms with Crippen molar-refractivity contribution < 1.29 is 14.3 Å². The number of carbonyl (C=O) groups is 2. The Morgan fingerprint density at radius 1 is 1.24 bits per heavy atom. The van der Waals surface area contributed by atoms with Crippen LogP contribution < -0.4 is 10.6 Å². The maximum absolute atomic E-state index is 12.7. The topological polar surface area (TPSA) is 85.3 Å². The van der Waals surface area contributed by atoms with E-state index in [1.807, 2.05) is 63.5 Å². The molecular formula is C22H32N4O3. The smallest absolute Gasteiger partial charge is 0.407 e. The Balaban J connectivity index is 1.62. The Morgan fingerprint density at radius 2 is 1.93 bits per heavy atom. The monoisotopic (exact) mass is 400 g/mol. The minimum absolute atomic E-state index is 0.0910. The zero-order chi connectivity index (χ0) is 21.2. The van der Waals surface area contributed by atoms with E-state index < -0.39 is 11.7 Å². The average Bonchev–Trinajstić information content (AvgIpc) is 3.40. The fourth-order valence-corrected chi connectivity index (χ4v) is 3.25. The highest BCUT2D eigenvalue weighted by atomic mass is 16.6. The summed E-state index contributed by atoms with van der Waals surface area (Å²) in [5.41, 5.74) is 1.35. The molecule has 1 fully saturated rings. The summed E-state index contributed by atoms with van der Waals surface area (Å²) < 4.78 is 7.35. The normalized spacial score (nSPS) is 15.4. The van der Waals surface area contributed by atoms with E-state index in [0.29, 0.717) is 12.5 Å². The molecule has 0 aliphatic heterocycles. The molecule has 1 saturated carbocycles. The van der Waals surface area contributed by atoms with Gasteiger partial charge in [-0.05, 0) is 51.7 Å². The van der Waals surface area contributed by atoms with Gasteiger partial charge < -0.3 is 19.9 Å². The van der Waals surface area contributed by atoms with Crippen molar-refractivity contribution >= 4 is 23.0 Å². The van der Waals surface area contributed by atoms with Crippen LogP contribution in [0, 0.1) is 5.92 Å². The summed E-state index contributed by atoms with van der Waals surface area (Å²) in [5, 5.41) is 5.83. The van der Waals surface area contributed by atoms with Crippen molar-refractivity contribution in [1.29, 1.82) is 0 Å². The van der Waals surface area contributed by atoms with Gasteiger partial charge in [-0.25, -0.2) is 9.78 Å². The second-order valence-electron chi connectivity index (χ2n) is 9.12. The molecule has 0 saturated heterocycles. The molecule has 1 aliphatic rings. The van der Waals surface area contributed by atoms with Gasteiger partial charge in [0.15, 0.2) is 0 Å². The molecule has 2 N–H and O–H groups in total. The largest absolute Gasteiger partial charge is 0.444 e. The van der Waals surface area contributed by atoms with Gasteiger partial charge in [0.1, 0.15) is 18.0 Å². The van der Waals surface area contributed by atoms with Crippen molar-refractivity contribution in [2.45, 2.75) is 71.6 Å². The zero-order valence-electron chi connectivity index (χ0n) is 18.0. The van der Waals surface area contributed by atoms with E-state index in [2.05, 4.69) is 10.6 Å². The number of alkyl carbamates (subject to hydrolysis) is 1. The molecule has 0 spiro atoms. The molecule has 2 amide bonds. The van der Waals surface area contributed by atoms with Crippen LogP contribution in [0.1, 0.15) is 59.2 Å². The first-order valence-corrected chi connectivity index (χ1v) is 10.4.